The highest BCUT2D eigenvalue weighted by Gasteiger charge is 2.39. The normalized spacial score (nSPS) is 17.2. The highest BCUT2D eigenvalue weighted by molar-refractivity contribution is 7.11. The van der Waals surface area contributed by atoms with Crippen molar-refractivity contribution in [3.05, 3.63) is 51.0 Å². The number of carboxylic acid groups (broad SMARTS) is 1. The molecule has 0 fully saturated rings. The number of rotatable bonds is 4. The summed E-state index contributed by atoms with van der Waals surface area (Å²) < 4.78 is 28.2. The molecule has 1 aliphatic heterocycles. The lowest BCUT2D eigenvalue weighted by Crippen LogP contribution is -2.25. The van der Waals surface area contributed by atoms with E-state index in [4.69, 9.17) is 5.11 Å². The van der Waals surface area contributed by atoms with Gasteiger partial charge in [-0.25, -0.2) is 23.4 Å². The smallest absolute Gasteiger partial charge is 0.419 e. The summed E-state index contributed by atoms with van der Waals surface area (Å²) in [7, 11) is 0. The molecule has 1 unspecified atom stereocenters. The van der Waals surface area contributed by atoms with Crippen LogP contribution in [0.25, 0.3) is 0 Å². The van der Waals surface area contributed by atoms with Crippen molar-refractivity contribution in [3.8, 4) is 0 Å². The van der Waals surface area contributed by atoms with Gasteiger partial charge < -0.3 is 5.11 Å². The minimum Gasteiger partial charge on any atom is -0.478 e. The van der Waals surface area contributed by atoms with Crippen molar-refractivity contribution in [2.24, 2.45) is 0 Å². The van der Waals surface area contributed by atoms with Crippen LogP contribution in [0, 0.1) is 6.92 Å². The number of nitrogens with zero attached hydrogens (tertiary/aromatic N) is 2. The Kier molecular flexibility index (Phi) is 4.71. The zero-order chi connectivity index (χ0) is 18.1. The molecular formula is C17H15F2N2O3S+. The largest absolute Gasteiger partial charge is 0.478 e. The van der Waals surface area contributed by atoms with Gasteiger partial charge in [0.2, 0.25) is 5.71 Å². The van der Waals surface area contributed by atoms with Gasteiger partial charge in [-0.3, -0.25) is 0 Å². The van der Waals surface area contributed by atoms with Gasteiger partial charge in [0.1, 0.15) is 6.67 Å². The molecule has 1 aromatic carbocycles. The zero-order valence-electron chi connectivity index (χ0n) is 13.3. The van der Waals surface area contributed by atoms with Crippen LogP contribution in [0.5, 0.6) is 0 Å². The van der Waals surface area contributed by atoms with Gasteiger partial charge >= 0.3 is 11.9 Å². The van der Waals surface area contributed by atoms with Crippen molar-refractivity contribution in [3.63, 3.8) is 0 Å². The number of thiazole rings is 1. The summed E-state index contributed by atoms with van der Waals surface area (Å²) in [6.07, 6.45) is -1.15. The molecule has 25 heavy (non-hydrogen) atoms. The molecule has 0 saturated carbocycles. The van der Waals surface area contributed by atoms with Gasteiger partial charge in [0, 0.05) is 11.1 Å². The number of aromatic carboxylic acids is 1. The average Bonchev–Trinajstić information content (AvgIpc) is 3.19. The predicted octanol–water partition coefficient (Wildman–Crippen LogP) is 3.00. The summed E-state index contributed by atoms with van der Waals surface area (Å²) in [5.74, 6) is -1.81. The maximum absolute atomic E-state index is 14.0. The van der Waals surface area contributed by atoms with Crippen LogP contribution in [0.4, 0.5) is 8.78 Å². The molecule has 1 aliphatic rings. The summed E-state index contributed by atoms with van der Waals surface area (Å²) in [4.78, 5) is 28.3. The van der Waals surface area contributed by atoms with Crippen LogP contribution in [-0.2, 0) is 6.67 Å². The molecule has 8 heteroatoms. The van der Waals surface area contributed by atoms with E-state index in [9.17, 15) is 18.4 Å². The lowest BCUT2D eigenvalue weighted by atomic mass is 10.1. The molecule has 2 aromatic rings. The second kappa shape index (κ2) is 6.79. The van der Waals surface area contributed by atoms with E-state index in [0.29, 0.717) is 10.7 Å². The molecule has 1 atom stereocenters. The molecule has 2 heterocycles. The number of aryl methyl sites for hydroxylation is 1. The van der Waals surface area contributed by atoms with Crippen LogP contribution in [0.2, 0.25) is 0 Å². The van der Waals surface area contributed by atoms with E-state index in [1.807, 2.05) is 5.38 Å². The second-order valence-electron chi connectivity index (χ2n) is 5.82. The van der Waals surface area contributed by atoms with Gasteiger partial charge in [0.25, 0.3) is 0 Å². The zero-order valence-corrected chi connectivity index (χ0v) is 14.1. The number of halogens is 2. The molecule has 0 radical (unpaired) electrons. The highest BCUT2D eigenvalue weighted by atomic mass is 32.1. The van der Waals surface area contributed by atoms with Gasteiger partial charge in [-0.1, -0.05) is 0 Å². The molecule has 1 aromatic heterocycles. The molecule has 130 valence electrons. The molecular weight excluding hydrogens is 350 g/mol. The third-order valence-electron chi connectivity index (χ3n) is 3.87. The first-order valence-electron chi connectivity index (χ1n) is 7.56. The number of carboxylic acids is 1. The number of aromatic nitrogens is 1. The first-order chi connectivity index (χ1) is 11.9. The summed E-state index contributed by atoms with van der Waals surface area (Å²) in [6.45, 7) is 0.781. The van der Waals surface area contributed by atoms with Crippen LogP contribution in [0.3, 0.4) is 0 Å². The summed E-state index contributed by atoms with van der Waals surface area (Å²) >= 11 is 1.32. The van der Waals surface area contributed by atoms with Crippen LogP contribution in [0.1, 0.15) is 43.4 Å². The van der Waals surface area contributed by atoms with Crippen molar-refractivity contribution in [2.45, 2.75) is 26.2 Å². The average molecular weight is 365 g/mol. The number of alkyl halides is 2. The van der Waals surface area contributed by atoms with Crippen molar-refractivity contribution in [1.82, 2.24) is 4.98 Å². The first-order valence-corrected chi connectivity index (χ1v) is 8.44. The van der Waals surface area contributed by atoms with Crippen LogP contribution in [0.15, 0.2) is 23.6 Å². The summed E-state index contributed by atoms with van der Waals surface area (Å²) in [6, 6.07) is 3.65. The van der Waals surface area contributed by atoms with Gasteiger partial charge in [0.05, 0.1) is 17.5 Å². The Morgan fingerprint density at radius 3 is 2.68 bits per heavy atom. The molecule has 1 amide bonds. The van der Waals surface area contributed by atoms with Gasteiger partial charge in [-0.05, 0) is 30.7 Å². The van der Waals surface area contributed by atoms with E-state index in [-0.39, 0.29) is 29.7 Å². The Morgan fingerprint density at radius 1 is 1.36 bits per heavy atom. The lowest BCUT2D eigenvalue weighted by Gasteiger charge is -2.04. The fourth-order valence-corrected chi connectivity index (χ4v) is 3.62. The lowest BCUT2D eigenvalue weighted by molar-refractivity contribution is -0.424. The fourth-order valence-electron chi connectivity index (χ4n) is 2.76. The molecule has 0 spiro atoms. The van der Waals surface area contributed by atoms with E-state index in [1.54, 1.807) is 6.92 Å². The topological polar surface area (TPSA) is 70.3 Å². The minimum absolute atomic E-state index is 0.0208. The third kappa shape index (κ3) is 3.48. The number of hydrogen-bond donors (Lipinski definition) is 1. The maximum Gasteiger partial charge on any atom is 0.419 e. The predicted molar refractivity (Wildman–Crippen MR) is 88.1 cm³/mol. The molecule has 0 saturated heterocycles. The van der Waals surface area contributed by atoms with E-state index in [1.165, 1.54) is 34.1 Å². The van der Waals surface area contributed by atoms with Crippen LogP contribution >= 0.6 is 11.3 Å². The van der Waals surface area contributed by atoms with Crippen molar-refractivity contribution in [2.75, 3.05) is 6.54 Å². The van der Waals surface area contributed by atoms with Crippen molar-refractivity contribution >= 4 is 28.9 Å². The number of carbonyl (C=O) groups excluding carboxylic acids is 1. The molecule has 3 rings (SSSR count). The van der Waals surface area contributed by atoms with Gasteiger partial charge in [-0.2, -0.15) is 4.58 Å². The SMILES string of the molecule is Cc1csc(C2=[N+](C(=O)c3cc(CF)cc(C(=O)O)c3)CC(F)C2)n1. The van der Waals surface area contributed by atoms with Gasteiger partial charge in [0.15, 0.2) is 17.7 Å². The maximum atomic E-state index is 14.0. The molecule has 0 aliphatic carbocycles. The van der Waals surface area contributed by atoms with Crippen molar-refractivity contribution in [1.29, 1.82) is 0 Å². The Bertz CT molecular complexity index is 892. The minimum atomic E-state index is -1.26. The Morgan fingerprint density at radius 2 is 2.08 bits per heavy atom. The Balaban J connectivity index is 2.06. The quantitative estimate of drug-likeness (QED) is 0.846. The number of amides is 1. The van der Waals surface area contributed by atoms with Gasteiger partial charge in [-0.15, -0.1) is 11.3 Å². The Labute approximate surface area is 146 Å². The first kappa shape index (κ1) is 17.3. The number of hydrogen-bond acceptors (Lipinski definition) is 4. The third-order valence-corrected chi connectivity index (χ3v) is 4.88. The van der Waals surface area contributed by atoms with E-state index in [2.05, 4.69) is 4.98 Å². The number of benzene rings is 1. The summed E-state index contributed by atoms with van der Waals surface area (Å²) in [5.41, 5.74) is 1.17. The molecule has 5 nitrogen and oxygen atoms in total. The summed E-state index contributed by atoms with van der Waals surface area (Å²) in [5, 5.41) is 11.5. The van der Waals surface area contributed by atoms with E-state index >= 15 is 0 Å². The monoisotopic (exact) mass is 365 g/mol. The molecule has 0 bridgehead atoms. The van der Waals surface area contributed by atoms with Crippen LogP contribution < -0.4 is 0 Å². The standard InChI is InChI=1S/C17H14F2N2O3S/c1-9-8-25-15(20-9)14-5-13(19)7-21(14)16(22)11-2-10(6-18)3-12(4-11)17(23)24/h2-4,8,13H,5-7H2,1H3/p+1. The number of carbonyl (C=O) groups is 2. The Hall–Kier alpha value is -2.48. The van der Waals surface area contributed by atoms with E-state index < -0.39 is 24.7 Å². The second-order valence-corrected chi connectivity index (χ2v) is 6.67. The fraction of sp³-hybridized carbons (Fsp3) is 0.294. The van der Waals surface area contributed by atoms with E-state index in [0.717, 1.165) is 5.69 Å². The highest BCUT2D eigenvalue weighted by Crippen LogP contribution is 2.22. The molecule has 1 N–H and O–H groups in total. The van der Waals surface area contributed by atoms with Crippen molar-refractivity contribution < 1.29 is 28.1 Å². The van der Waals surface area contributed by atoms with Crippen LogP contribution in [-0.4, -0.2) is 45.0 Å².